The van der Waals surface area contributed by atoms with E-state index >= 15 is 0 Å². The Morgan fingerprint density at radius 2 is 1.84 bits per heavy atom. The molecule has 1 amide bonds. The van der Waals surface area contributed by atoms with Gasteiger partial charge in [-0.2, -0.15) is 0 Å². The van der Waals surface area contributed by atoms with Crippen LogP contribution in [0.3, 0.4) is 0 Å². The lowest BCUT2D eigenvalue weighted by molar-refractivity contribution is -0.132. The number of aromatic amines is 1. The van der Waals surface area contributed by atoms with Crippen molar-refractivity contribution in [3.05, 3.63) is 54.1 Å². The smallest absolute Gasteiger partial charge is 0.222 e. The maximum Gasteiger partial charge on any atom is 0.222 e. The summed E-state index contributed by atoms with van der Waals surface area (Å²) in [6, 6.07) is 16.4. The van der Waals surface area contributed by atoms with Crippen LogP contribution in [-0.4, -0.2) is 33.9 Å². The van der Waals surface area contributed by atoms with E-state index in [2.05, 4.69) is 34.2 Å². The standard InChI is InChI=1S/C21H23N3O/c25-20(24-13-5-2-6-14-24)12-10-16-9-11-18-19(15-16)23-21(22-18)17-7-3-1-4-8-17/h1,3-4,7-9,11,15H,2,5-6,10,12-14H2,(H,22,23). The second-order valence-electron chi connectivity index (χ2n) is 6.74. The summed E-state index contributed by atoms with van der Waals surface area (Å²) in [7, 11) is 0. The highest BCUT2D eigenvalue weighted by molar-refractivity contribution is 5.80. The summed E-state index contributed by atoms with van der Waals surface area (Å²) >= 11 is 0. The minimum absolute atomic E-state index is 0.286. The fourth-order valence-corrected chi connectivity index (χ4v) is 3.50. The molecule has 1 saturated heterocycles. The van der Waals surface area contributed by atoms with Crippen LogP contribution in [0.1, 0.15) is 31.2 Å². The SMILES string of the molecule is O=C(CCc1ccc2nc(-c3ccccc3)[nH]c2c1)N1CCCCC1. The third kappa shape index (κ3) is 3.58. The molecule has 0 saturated carbocycles. The average Bonchev–Trinajstić information content (AvgIpc) is 3.11. The number of fused-ring (bicyclic) bond motifs is 1. The lowest BCUT2D eigenvalue weighted by atomic mass is 10.1. The first kappa shape index (κ1) is 15.9. The van der Waals surface area contributed by atoms with Crippen LogP contribution in [0.2, 0.25) is 0 Å². The van der Waals surface area contributed by atoms with Gasteiger partial charge in [-0.25, -0.2) is 4.98 Å². The molecule has 4 nitrogen and oxygen atoms in total. The van der Waals surface area contributed by atoms with E-state index in [1.54, 1.807) is 0 Å². The van der Waals surface area contributed by atoms with Gasteiger partial charge in [-0.3, -0.25) is 4.79 Å². The summed E-state index contributed by atoms with van der Waals surface area (Å²) in [6.45, 7) is 1.86. The number of aromatic nitrogens is 2. The van der Waals surface area contributed by atoms with E-state index in [1.807, 2.05) is 29.2 Å². The fraction of sp³-hybridized carbons (Fsp3) is 0.333. The number of nitrogens with zero attached hydrogens (tertiary/aromatic N) is 2. The Bertz CT molecular complexity index is 863. The number of amides is 1. The topological polar surface area (TPSA) is 49.0 Å². The summed E-state index contributed by atoms with van der Waals surface area (Å²) in [5.74, 6) is 1.17. The van der Waals surface area contributed by atoms with Crippen molar-refractivity contribution in [2.24, 2.45) is 0 Å². The number of carbonyl (C=O) groups is 1. The Morgan fingerprint density at radius 1 is 1.04 bits per heavy atom. The first-order valence-electron chi connectivity index (χ1n) is 9.11. The normalized spacial score (nSPS) is 14.8. The van der Waals surface area contributed by atoms with Crippen molar-refractivity contribution >= 4 is 16.9 Å². The monoisotopic (exact) mass is 333 g/mol. The summed E-state index contributed by atoms with van der Waals surface area (Å²) in [5, 5.41) is 0. The number of aryl methyl sites for hydroxylation is 1. The number of piperidine rings is 1. The molecule has 0 atom stereocenters. The van der Waals surface area contributed by atoms with E-state index in [-0.39, 0.29) is 5.91 Å². The van der Waals surface area contributed by atoms with Crippen LogP contribution >= 0.6 is 0 Å². The van der Waals surface area contributed by atoms with Gasteiger partial charge < -0.3 is 9.88 Å². The average molecular weight is 333 g/mol. The third-order valence-corrected chi connectivity index (χ3v) is 4.93. The largest absolute Gasteiger partial charge is 0.343 e. The van der Waals surface area contributed by atoms with Gasteiger partial charge >= 0.3 is 0 Å². The van der Waals surface area contributed by atoms with Crippen molar-refractivity contribution < 1.29 is 4.79 Å². The second-order valence-corrected chi connectivity index (χ2v) is 6.74. The molecule has 1 aromatic heterocycles. The van der Waals surface area contributed by atoms with Gasteiger partial charge in [0.15, 0.2) is 0 Å². The van der Waals surface area contributed by atoms with Crippen LogP contribution in [-0.2, 0) is 11.2 Å². The number of carbonyl (C=O) groups excluding carboxylic acids is 1. The molecule has 1 N–H and O–H groups in total. The number of benzene rings is 2. The van der Waals surface area contributed by atoms with E-state index in [1.165, 1.54) is 12.0 Å². The van der Waals surface area contributed by atoms with Crippen molar-refractivity contribution in [1.82, 2.24) is 14.9 Å². The van der Waals surface area contributed by atoms with Crippen LogP contribution < -0.4 is 0 Å². The van der Waals surface area contributed by atoms with Crippen molar-refractivity contribution in [3.8, 4) is 11.4 Å². The van der Waals surface area contributed by atoms with Gasteiger partial charge in [0.2, 0.25) is 5.91 Å². The predicted molar refractivity (Wildman–Crippen MR) is 100 cm³/mol. The van der Waals surface area contributed by atoms with Gasteiger partial charge in [0.05, 0.1) is 11.0 Å². The lowest BCUT2D eigenvalue weighted by Gasteiger charge is -2.26. The Balaban J connectivity index is 1.46. The minimum Gasteiger partial charge on any atom is -0.343 e. The highest BCUT2D eigenvalue weighted by Gasteiger charge is 2.16. The summed E-state index contributed by atoms with van der Waals surface area (Å²) in [5.41, 5.74) is 4.26. The maximum absolute atomic E-state index is 12.3. The number of hydrogen-bond acceptors (Lipinski definition) is 2. The van der Waals surface area contributed by atoms with Gasteiger partial charge in [-0.05, 0) is 43.4 Å². The molecule has 4 heteroatoms. The molecular formula is C21H23N3O. The van der Waals surface area contributed by atoms with Crippen molar-refractivity contribution in [3.63, 3.8) is 0 Å². The Morgan fingerprint density at radius 3 is 2.64 bits per heavy atom. The zero-order chi connectivity index (χ0) is 17.1. The Hall–Kier alpha value is -2.62. The van der Waals surface area contributed by atoms with E-state index in [9.17, 15) is 4.79 Å². The summed E-state index contributed by atoms with van der Waals surface area (Å²) in [6.07, 6.45) is 4.92. The molecule has 0 bridgehead atoms. The second kappa shape index (κ2) is 7.09. The maximum atomic E-state index is 12.3. The summed E-state index contributed by atoms with van der Waals surface area (Å²) < 4.78 is 0. The van der Waals surface area contributed by atoms with Crippen LogP contribution in [0.4, 0.5) is 0 Å². The number of H-pyrrole nitrogens is 1. The minimum atomic E-state index is 0.286. The quantitative estimate of drug-likeness (QED) is 0.779. The van der Waals surface area contributed by atoms with Crippen LogP contribution in [0.15, 0.2) is 48.5 Å². The number of hydrogen-bond donors (Lipinski definition) is 1. The van der Waals surface area contributed by atoms with Gasteiger partial charge in [0.25, 0.3) is 0 Å². The molecule has 128 valence electrons. The van der Waals surface area contributed by atoms with Gasteiger partial charge in [-0.15, -0.1) is 0 Å². The number of imidazole rings is 1. The summed E-state index contributed by atoms with van der Waals surface area (Å²) in [4.78, 5) is 22.4. The first-order valence-corrected chi connectivity index (χ1v) is 9.11. The molecule has 3 aromatic rings. The molecule has 0 aliphatic carbocycles. The van der Waals surface area contributed by atoms with Crippen LogP contribution in [0, 0.1) is 0 Å². The molecule has 25 heavy (non-hydrogen) atoms. The van der Waals surface area contributed by atoms with E-state index < -0.39 is 0 Å². The molecule has 0 unspecified atom stereocenters. The molecule has 1 fully saturated rings. The Labute approximate surface area is 147 Å². The number of rotatable bonds is 4. The zero-order valence-corrected chi connectivity index (χ0v) is 14.4. The van der Waals surface area contributed by atoms with Crippen molar-refractivity contribution in [1.29, 1.82) is 0 Å². The van der Waals surface area contributed by atoms with Gasteiger partial charge in [-0.1, -0.05) is 36.4 Å². The van der Waals surface area contributed by atoms with Crippen LogP contribution in [0.5, 0.6) is 0 Å². The highest BCUT2D eigenvalue weighted by atomic mass is 16.2. The predicted octanol–water partition coefficient (Wildman–Crippen LogP) is 4.18. The van der Waals surface area contributed by atoms with Crippen LogP contribution in [0.25, 0.3) is 22.4 Å². The van der Waals surface area contributed by atoms with Gasteiger partial charge in [0.1, 0.15) is 5.82 Å². The number of likely N-dealkylation sites (tertiary alicyclic amines) is 1. The molecule has 0 spiro atoms. The fourth-order valence-electron chi connectivity index (χ4n) is 3.50. The lowest BCUT2D eigenvalue weighted by Crippen LogP contribution is -2.35. The van der Waals surface area contributed by atoms with Crippen molar-refractivity contribution in [2.75, 3.05) is 13.1 Å². The molecule has 1 aliphatic rings. The first-order chi connectivity index (χ1) is 12.3. The Kier molecular flexibility index (Phi) is 4.51. The van der Waals surface area contributed by atoms with Gasteiger partial charge in [0, 0.05) is 25.1 Å². The molecule has 2 aromatic carbocycles. The third-order valence-electron chi connectivity index (χ3n) is 4.93. The molecule has 1 aliphatic heterocycles. The van der Waals surface area contributed by atoms with E-state index in [0.717, 1.165) is 54.8 Å². The van der Waals surface area contributed by atoms with E-state index in [0.29, 0.717) is 6.42 Å². The van der Waals surface area contributed by atoms with Crippen molar-refractivity contribution in [2.45, 2.75) is 32.1 Å². The van der Waals surface area contributed by atoms with E-state index in [4.69, 9.17) is 0 Å². The molecule has 0 radical (unpaired) electrons. The molecule has 4 rings (SSSR count). The zero-order valence-electron chi connectivity index (χ0n) is 14.4. The molecular weight excluding hydrogens is 310 g/mol. The highest BCUT2D eigenvalue weighted by Crippen LogP contribution is 2.21. The number of nitrogens with one attached hydrogen (secondary N) is 1. The molecule has 2 heterocycles.